The van der Waals surface area contributed by atoms with Crippen LogP contribution in [0.3, 0.4) is 0 Å². The monoisotopic (exact) mass is 322 g/mol. The molecule has 0 aliphatic heterocycles. The van der Waals surface area contributed by atoms with E-state index in [0.717, 1.165) is 32.1 Å². The van der Waals surface area contributed by atoms with Gasteiger partial charge in [-0.15, -0.1) is 0 Å². The molecule has 1 aromatic rings. The molecule has 0 unspecified atom stereocenters. The largest absolute Gasteiger partial charge is 0.504 e. The maximum atomic E-state index is 12.4. The SMILES string of the molecule is CCCCCCCC(=O)c1cc(O)c(O)cc1CC(=O)OCC. The summed E-state index contributed by atoms with van der Waals surface area (Å²) < 4.78 is 4.88. The number of hydrogen-bond acceptors (Lipinski definition) is 5. The Morgan fingerprint density at radius 3 is 2.30 bits per heavy atom. The fraction of sp³-hybridized carbons (Fsp3) is 0.556. The number of ketones is 1. The Morgan fingerprint density at radius 2 is 1.65 bits per heavy atom. The topological polar surface area (TPSA) is 83.8 Å². The van der Waals surface area contributed by atoms with E-state index in [1.807, 2.05) is 0 Å². The van der Waals surface area contributed by atoms with E-state index in [1.54, 1.807) is 6.92 Å². The van der Waals surface area contributed by atoms with Crippen LogP contribution in [0.25, 0.3) is 0 Å². The molecule has 0 atom stereocenters. The molecule has 1 rings (SSSR count). The summed E-state index contributed by atoms with van der Waals surface area (Å²) in [7, 11) is 0. The fourth-order valence-electron chi connectivity index (χ4n) is 2.42. The number of phenols is 2. The predicted molar refractivity (Wildman–Crippen MR) is 87.8 cm³/mol. The van der Waals surface area contributed by atoms with Gasteiger partial charge in [-0.05, 0) is 31.0 Å². The van der Waals surface area contributed by atoms with Crippen molar-refractivity contribution in [3.05, 3.63) is 23.3 Å². The van der Waals surface area contributed by atoms with Crippen LogP contribution >= 0.6 is 0 Å². The lowest BCUT2D eigenvalue weighted by Gasteiger charge is -2.10. The van der Waals surface area contributed by atoms with Crippen molar-refractivity contribution in [2.24, 2.45) is 0 Å². The lowest BCUT2D eigenvalue weighted by atomic mass is 9.96. The molecule has 0 heterocycles. The lowest BCUT2D eigenvalue weighted by molar-refractivity contribution is -0.142. The molecule has 0 fully saturated rings. The third kappa shape index (κ3) is 6.30. The number of phenolic OH excluding ortho intramolecular Hbond substituents is 2. The molecule has 0 saturated carbocycles. The van der Waals surface area contributed by atoms with Gasteiger partial charge in [0.15, 0.2) is 17.3 Å². The van der Waals surface area contributed by atoms with E-state index in [2.05, 4.69) is 6.92 Å². The molecular weight excluding hydrogens is 296 g/mol. The van der Waals surface area contributed by atoms with Crippen LogP contribution in [0.1, 0.15) is 68.3 Å². The van der Waals surface area contributed by atoms with Gasteiger partial charge in [0.2, 0.25) is 0 Å². The smallest absolute Gasteiger partial charge is 0.310 e. The van der Waals surface area contributed by atoms with Gasteiger partial charge in [0.25, 0.3) is 0 Å². The van der Waals surface area contributed by atoms with Gasteiger partial charge < -0.3 is 14.9 Å². The number of aromatic hydroxyl groups is 2. The molecule has 0 aliphatic carbocycles. The van der Waals surface area contributed by atoms with Gasteiger partial charge in [-0.2, -0.15) is 0 Å². The van der Waals surface area contributed by atoms with E-state index in [4.69, 9.17) is 4.74 Å². The van der Waals surface area contributed by atoms with Crippen LogP contribution in [0.2, 0.25) is 0 Å². The summed E-state index contributed by atoms with van der Waals surface area (Å²) in [6.45, 7) is 4.09. The normalized spacial score (nSPS) is 10.5. The summed E-state index contributed by atoms with van der Waals surface area (Å²) in [5.74, 6) is -1.29. The highest BCUT2D eigenvalue weighted by atomic mass is 16.5. The second kappa shape index (κ2) is 9.87. The number of carbonyl (C=O) groups is 2. The number of rotatable bonds is 10. The zero-order valence-electron chi connectivity index (χ0n) is 13.9. The first-order valence-corrected chi connectivity index (χ1v) is 8.23. The number of unbranched alkanes of at least 4 members (excludes halogenated alkanes) is 4. The van der Waals surface area contributed by atoms with E-state index in [1.165, 1.54) is 12.1 Å². The molecule has 0 aromatic heterocycles. The average Bonchev–Trinajstić information content (AvgIpc) is 2.50. The molecule has 1 aromatic carbocycles. The Labute approximate surface area is 137 Å². The Kier molecular flexibility index (Phi) is 8.16. The van der Waals surface area contributed by atoms with E-state index >= 15 is 0 Å². The zero-order chi connectivity index (χ0) is 17.2. The molecule has 2 N–H and O–H groups in total. The van der Waals surface area contributed by atoms with E-state index < -0.39 is 5.97 Å². The molecule has 23 heavy (non-hydrogen) atoms. The summed E-state index contributed by atoms with van der Waals surface area (Å²) in [5, 5.41) is 19.2. The van der Waals surface area contributed by atoms with Crippen molar-refractivity contribution in [2.45, 2.75) is 58.8 Å². The summed E-state index contributed by atoms with van der Waals surface area (Å²) in [6.07, 6.45) is 5.42. The molecule has 0 saturated heterocycles. The average molecular weight is 322 g/mol. The minimum Gasteiger partial charge on any atom is -0.504 e. The van der Waals surface area contributed by atoms with Crippen molar-refractivity contribution >= 4 is 11.8 Å². The second-order valence-electron chi connectivity index (χ2n) is 5.57. The van der Waals surface area contributed by atoms with Gasteiger partial charge in [0, 0.05) is 12.0 Å². The Hall–Kier alpha value is -2.04. The number of carbonyl (C=O) groups excluding carboxylic acids is 2. The van der Waals surface area contributed by atoms with Crippen LogP contribution in [0.15, 0.2) is 12.1 Å². The van der Waals surface area contributed by atoms with Crippen LogP contribution < -0.4 is 0 Å². The molecule has 0 spiro atoms. The van der Waals surface area contributed by atoms with Crippen LogP contribution in [0.4, 0.5) is 0 Å². The number of esters is 1. The molecule has 0 amide bonds. The first-order chi connectivity index (χ1) is 11.0. The van der Waals surface area contributed by atoms with E-state index in [0.29, 0.717) is 12.0 Å². The predicted octanol–water partition coefficient (Wildman–Crippen LogP) is 3.75. The maximum absolute atomic E-state index is 12.4. The Morgan fingerprint density at radius 1 is 1.00 bits per heavy atom. The summed E-state index contributed by atoms with van der Waals surface area (Å²) >= 11 is 0. The van der Waals surface area contributed by atoms with Crippen molar-refractivity contribution in [1.82, 2.24) is 0 Å². The van der Waals surface area contributed by atoms with Crippen molar-refractivity contribution < 1.29 is 24.5 Å². The number of ether oxygens (including phenoxy) is 1. The minimum atomic E-state index is -0.463. The van der Waals surface area contributed by atoms with Gasteiger partial charge in [0.05, 0.1) is 13.0 Å². The highest BCUT2D eigenvalue weighted by molar-refractivity contribution is 5.99. The highest BCUT2D eigenvalue weighted by Gasteiger charge is 2.17. The second-order valence-corrected chi connectivity index (χ2v) is 5.57. The zero-order valence-corrected chi connectivity index (χ0v) is 13.9. The van der Waals surface area contributed by atoms with Crippen LogP contribution in [-0.4, -0.2) is 28.6 Å². The van der Waals surface area contributed by atoms with Crippen LogP contribution in [0, 0.1) is 0 Å². The number of benzene rings is 1. The van der Waals surface area contributed by atoms with Gasteiger partial charge >= 0.3 is 5.97 Å². The maximum Gasteiger partial charge on any atom is 0.310 e. The molecule has 5 heteroatoms. The third-order valence-corrected chi connectivity index (χ3v) is 3.65. The first kappa shape index (κ1) is 19.0. The third-order valence-electron chi connectivity index (χ3n) is 3.65. The first-order valence-electron chi connectivity index (χ1n) is 8.23. The molecule has 128 valence electrons. The van der Waals surface area contributed by atoms with Gasteiger partial charge in [-0.25, -0.2) is 0 Å². The van der Waals surface area contributed by atoms with Gasteiger partial charge in [-0.1, -0.05) is 32.6 Å². The minimum absolute atomic E-state index is 0.0986. The number of hydrogen-bond donors (Lipinski definition) is 2. The quantitative estimate of drug-likeness (QED) is 0.297. The van der Waals surface area contributed by atoms with Crippen molar-refractivity contribution in [3.8, 4) is 11.5 Å². The van der Waals surface area contributed by atoms with Gasteiger partial charge in [0.1, 0.15) is 0 Å². The Bertz CT molecular complexity index is 536. The molecule has 0 bridgehead atoms. The summed E-state index contributed by atoms with van der Waals surface area (Å²) in [5.41, 5.74) is 0.668. The van der Waals surface area contributed by atoms with Crippen molar-refractivity contribution in [3.63, 3.8) is 0 Å². The van der Waals surface area contributed by atoms with Gasteiger partial charge in [-0.3, -0.25) is 9.59 Å². The van der Waals surface area contributed by atoms with E-state index in [9.17, 15) is 19.8 Å². The van der Waals surface area contributed by atoms with Crippen LogP contribution in [-0.2, 0) is 16.0 Å². The van der Waals surface area contributed by atoms with Crippen molar-refractivity contribution in [1.29, 1.82) is 0 Å². The molecular formula is C18H26O5. The van der Waals surface area contributed by atoms with Crippen molar-refractivity contribution in [2.75, 3.05) is 6.61 Å². The summed E-state index contributed by atoms with van der Waals surface area (Å²) in [4.78, 5) is 24.0. The van der Waals surface area contributed by atoms with Crippen LogP contribution in [0.5, 0.6) is 11.5 Å². The highest BCUT2D eigenvalue weighted by Crippen LogP contribution is 2.30. The fourth-order valence-corrected chi connectivity index (χ4v) is 2.42. The Balaban J connectivity index is 2.79. The summed E-state index contributed by atoms with van der Waals surface area (Å²) in [6, 6.07) is 2.49. The molecule has 5 nitrogen and oxygen atoms in total. The number of Topliss-reactive ketones (excluding diaryl/α,β-unsaturated/α-hetero) is 1. The lowest BCUT2D eigenvalue weighted by Crippen LogP contribution is -2.12. The molecule has 0 aliphatic rings. The van der Waals surface area contributed by atoms with E-state index in [-0.39, 0.29) is 35.9 Å². The standard InChI is InChI=1S/C18H26O5/c1-3-5-6-7-8-9-15(19)14-12-17(21)16(20)10-13(14)11-18(22)23-4-2/h10,12,20-21H,3-9,11H2,1-2H3. The molecule has 0 radical (unpaired) electrons.